The molecule has 63 heavy (non-hydrogen) atoms. The molecule has 0 aliphatic heterocycles. The molecular formula is C60H39N3. The van der Waals surface area contributed by atoms with E-state index in [4.69, 9.17) is 8.22 Å². The van der Waals surface area contributed by atoms with E-state index >= 15 is 0 Å². The molecule has 3 nitrogen and oxygen atoms in total. The molecule has 0 spiro atoms. The summed E-state index contributed by atoms with van der Waals surface area (Å²) >= 11 is 0. The van der Waals surface area contributed by atoms with E-state index in [0.717, 1.165) is 15.7 Å². The van der Waals surface area contributed by atoms with Crippen molar-refractivity contribution < 1.29 is 28.8 Å². The molecule has 0 bridgehead atoms. The SMILES string of the molecule is [2H]c1c([2H])c([2H])c2c(c1[2H])c1c([2H])c(-c3c([2H])c([2H])c4c(c3[2H])c3c([2H])c([2H])c([2H])c([2H])c3n4-c3c([2H])c([2H])c4c(c3[2H])c3c([2H])c([2H])c([2H])c([2H])c3n4-c3ccccc3-c3ccccc3)c([2H])c([2H])c1n2-c1ccc(-c2ccccc2)cc1. The summed E-state index contributed by atoms with van der Waals surface area (Å²) in [5.41, 5.74) is -0.0494. The Labute approximate surface area is 394 Å². The third-order valence-electron chi connectivity index (χ3n) is 11.4. The minimum atomic E-state index is -0.886. The van der Waals surface area contributed by atoms with E-state index in [1.54, 1.807) is 60.7 Å². The van der Waals surface area contributed by atoms with Gasteiger partial charge in [-0.2, -0.15) is 0 Å². The van der Waals surface area contributed by atoms with E-state index in [1.165, 1.54) is 9.13 Å². The Bertz CT molecular complexity index is 5130. The van der Waals surface area contributed by atoms with Crippen molar-refractivity contribution in [1.29, 1.82) is 0 Å². The molecule has 0 aliphatic carbocycles. The van der Waals surface area contributed by atoms with Crippen LogP contribution in [0.15, 0.2) is 236 Å². The van der Waals surface area contributed by atoms with Crippen LogP contribution in [0.1, 0.15) is 28.8 Å². The Kier molecular flexibility index (Phi) is 4.57. The monoisotopic (exact) mass is 822 g/mol. The van der Waals surface area contributed by atoms with Gasteiger partial charge < -0.3 is 13.7 Å². The Morgan fingerprint density at radius 1 is 0.270 bits per heavy atom. The molecule has 13 aromatic rings. The van der Waals surface area contributed by atoms with Gasteiger partial charge in [-0.15, -0.1) is 0 Å². The molecule has 0 aliphatic rings. The van der Waals surface area contributed by atoms with Crippen LogP contribution >= 0.6 is 0 Å². The van der Waals surface area contributed by atoms with E-state index < -0.39 is 166 Å². The fourth-order valence-corrected chi connectivity index (χ4v) is 8.58. The first kappa shape index (κ1) is 20.4. The van der Waals surface area contributed by atoms with Gasteiger partial charge in [-0.25, -0.2) is 0 Å². The average Bonchev–Trinajstić information content (AvgIpc) is 1.96. The Morgan fingerprint density at radius 2 is 0.698 bits per heavy atom. The van der Waals surface area contributed by atoms with Gasteiger partial charge in [-0.1, -0.05) is 157 Å². The lowest BCUT2D eigenvalue weighted by Gasteiger charge is -2.14. The van der Waals surface area contributed by atoms with E-state index in [9.17, 15) is 20.6 Å². The molecular weight excluding hydrogens is 763 g/mol. The maximum atomic E-state index is 10.2. The summed E-state index contributed by atoms with van der Waals surface area (Å²) in [5, 5.41) is -1.93. The van der Waals surface area contributed by atoms with Crippen LogP contribution in [0.2, 0.25) is 0 Å². The highest BCUT2D eigenvalue weighted by Crippen LogP contribution is 2.41. The van der Waals surface area contributed by atoms with Crippen molar-refractivity contribution in [2.24, 2.45) is 0 Å². The number of aromatic nitrogens is 3. The van der Waals surface area contributed by atoms with Gasteiger partial charge in [-0.05, 0) is 106 Å². The predicted octanol–water partition coefficient (Wildman–Crippen LogP) is 16.0. The Morgan fingerprint density at radius 3 is 1.30 bits per heavy atom. The third kappa shape index (κ3) is 5.53. The number of para-hydroxylation sites is 4. The lowest BCUT2D eigenvalue weighted by molar-refractivity contribution is 1.17. The summed E-state index contributed by atoms with van der Waals surface area (Å²) in [6.07, 6.45) is 0. The van der Waals surface area contributed by atoms with E-state index in [0.29, 0.717) is 22.5 Å². The Hall–Kier alpha value is -8.40. The van der Waals surface area contributed by atoms with Gasteiger partial charge in [0.05, 0.1) is 67.6 Å². The first-order valence-electron chi connectivity index (χ1n) is 30.5. The fraction of sp³-hybridized carbons (Fsp3) is 0. The molecule has 0 radical (unpaired) electrons. The number of rotatable bonds is 6. The smallest absolute Gasteiger partial charge is 0.0652 e. The number of benzene rings is 10. The van der Waals surface area contributed by atoms with Crippen LogP contribution in [0.4, 0.5) is 0 Å². The maximum absolute atomic E-state index is 10.2. The topological polar surface area (TPSA) is 14.8 Å². The quantitative estimate of drug-likeness (QED) is 0.159. The highest BCUT2D eigenvalue weighted by Gasteiger charge is 2.19. The van der Waals surface area contributed by atoms with Crippen LogP contribution in [0.3, 0.4) is 0 Å². The van der Waals surface area contributed by atoms with Gasteiger partial charge >= 0.3 is 0 Å². The van der Waals surface area contributed by atoms with Gasteiger partial charge in [0.2, 0.25) is 0 Å². The van der Waals surface area contributed by atoms with Crippen LogP contribution in [0.5, 0.6) is 0 Å². The second kappa shape index (κ2) is 14.1. The second-order valence-corrected chi connectivity index (χ2v) is 14.9. The standard InChI is InChI=1S/C60H39N3/c1-3-15-40(16-4-1)41-27-31-45(32-28-41)61-55-24-12-8-20-48(55)51-37-43(29-34-58(51)61)44-30-35-59-52(38-44)49-21-9-13-25-56(49)62(59)46-33-36-60-53(39-46)50-22-10-14-26-57(50)63(60)54-23-11-7-19-47(54)42-17-5-2-6-18-42/h1-39H/i8D,9D,10D,12D,13D,14D,20D,21D,22D,24D,25D,26D,29D,30D,33D,34D,35D,36D,37D,38D,39D. The zero-order valence-corrected chi connectivity index (χ0v) is 32.7. The molecule has 3 heterocycles. The highest BCUT2D eigenvalue weighted by atomic mass is 15.0. The first-order chi connectivity index (χ1) is 40.0. The van der Waals surface area contributed by atoms with E-state index in [2.05, 4.69) is 0 Å². The first-order valence-corrected chi connectivity index (χ1v) is 20.0. The minimum absolute atomic E-state index is 0.142. The van der Waals surface area contributed by atoms with E-state index in [1.807, 2.05) is 48.5 Å². The summed E-state index contributed by atoms with van der Waals surface area (Å²) in [4.78, 5) is 0. The van der Waals surface area contributed by atoms with Gasteiger partial charge in [-0.3, -0.25) is 0 Å². The largest absolute Gasteiger partial charge is 0.309 e. The molecule has 0 atom stereocenters. The summed E-state index contributed by atoms with van der Waals surface area (Å²) < 4.78 is 202. The maximum Gasteiger partial charge on any atom is 0.0652 e. The summed E-state index contributed by atoms with van der Waals surface area (Å²) in [6, 6.07) is 17.3. The van der Waals surface area contributed by atoms with Crippen molar-refractivity contribution in [1.82, 2.24) is 13.7 Å². The lowest BCUT2D eigenvalue weighted by atomic mass is 10.0. The van der Waals surface area contributed by atoms with Gasteiger partial charge in [0.1, 0.15) is 0 Å². The van der Waals surface area contributed by atoms with Gasteiger partial charge in [0.25, 0.3) is 0 Å². The van der Waals surface area contributed by atoms with Crippen LogP contribution in [-0.4, -0.2) is 13.7 Å². The number of nitrogens with zero attached hydrogens (tertiary/aromatic N) is 3. The van der Waals surface area contributed by atoms with E-state index in [-0.39, 0.29) is 43.6 Å². The lowest BCUT2D eigenvalue weighted by Crippen LogP contribution is -1.98. The molecule has 294 valence electrons. The van der Waals surface area contributed by atoms with Crippen LogP contribution in [0, 0.1) is 0 Å². The second-order valence-electron chi connectivity index (χ2n) is 14.9. The fourth-order valence-electron chi connectivity index (χ4n) is 8.58. The number of hydrogen-bond donors (Lipinski definition) is 0. The van der Waals surface area contributed by atoms with Crippen molar-refractivity contribution >= 4 is 65.4 Å². The molecule has 0 saturated carbocycles. The van der Waals surface area contributed by atoms with Crippen molar-refractivity contribution in [3.63, 3.8) is 0 Å². The third-order valence-corrected chi connectivity index (χ3v) is 11.4. The Balaban J connectivity index is 1.16. The average molecular weight is 823 g/mol. The van der Waals surface area contributed by atoms with Crippen LogP contribution < -0.4 is 0 Å². The molecule has 0 saturated heterocycles. The molecule has 13 rings (SSSR count). The van der Waals surface area contributed by atoms with Crippen molar-refractivity contribution in [3.8, 4) is 50.4 Å². The molecule has 0 fully saturated rings. The van der Waals surface area contributed by atoms with Gasteiger partial charge in [0.15, 0.2) is 0 Å². The van der Waals surface area contributed by atoms with Crippen molar-refractivity contribution in [2.45, 2.75) is 0 Å². The predicted molar refractivity (Wildman–Crippen MR) is 266 cm³/mol. The summed E-state index contributed by atoms with van der Waals surface area (Å²) in [5.74, 6) is 0. The van der Waals surface area contributed by atoms with Crippen molar-refractivity contribution in [3.05, 3.63) is 236 Å². The molecule has 3 aromatic heterocycles. The molecule has 3 heteroatoms. The molecule has 0 N–H and O–H groups in total. The van der Waals surface area contributed by atoms with Crippen LogP contribution in [0.25, 0.3) is 116 Å². The molecule has 10 aromatic carbocycles. The molecule has 0 amide bonds. The van der Waals surface area contributed by atoms with Crippen molar-refractivity contribution in [2.75, 3.05) is 0 Å². The van der Waals surface area contributed by atoms with Gasteiger partial charge in [0, 0.05) is 49.3 Å². The number of hydrogen-bond acceptors (Lipinski definition) is 0. The zero-order chi connectivity index (χ0) is 59.7. The summed E-state index contributed by atoms with van der Waals surface area (Å²) in [6.45, 7) is 0. The molecule has 0 unspecified atom stereocenters. The normalized spacial score (nSPS) is 16.5. The zero-order valence-electron chi connectivity index (χ0n) is 53.7. The number of fused-ring (bicyclic) bond motifs is 9. The van der Waals surface area contributed by atoms with Crippen LogP contribution in [-0.2, 0) is 0 Å². The minimum Gasteiger partial charge on any atom is -0.309 e. The summed E-state index contributed by atoms with van der Waals surface area (Å²) in [7, 11) is 0. The highest BCUT2D eigenvalue weighted by molar-refractivity contribution is 6.14.